The summed E-state index contributed by atoms with van der Waals surface area (Å²) in [6.07, 6.45) is 0.980. The van der Waals surface area contributed by atoms with Gasteiger partial charge in [-0.2, -0.15) is 0 Å². The molecule has 0 bridgehead atoms. The summed E-state index contributed by atoms with van der Waals surface area (Å²) in [6, 6.07) is 4.14. The standard InChI is InChI=1S/C14H17N3O2S/c1-9-15-16-14(20-9)17-5-4-10-6-12(18-2)13(19-3)7-11(10)8-17/h6-7H,4-5,8H2,1-3H3. The lowest BCUT2D eigenvalue weighted by Crippen LogP contribution is -2.30. The number of aryl methyl sites for hydroxylation is 1. The zero-order chi connectivity index (χ0) is 14.1. The smallest absolute Gasteiger partial charge is 0.208 e. The summed E-state index contributed by atoms with van der Waals surface area (Å²) < 4.78 is 10.7. The first-order valence-corrected chi connectivity index (χ1v) is 7.31. The van der Waals surface area contributed by atoms with E-state index in [4.69, 9.17) is 9.47 Å². The van der Waals surface area contributed by atoms with Gasteiger partial charge in [-0.05, 0) is 36.6 Å². The van der Waals surface area contributed by atoms with Crippen LogP contribution in [0.4, 0.5) is 5.13 Å². The molecule has 0 unspecified atom stereocenters. The van der Waals surface area contributed by atoms with E-state index in [1.807, 2.05) is 6.92 Å². The number of ether oxygens (including phenoxy) is 2. The Morgan fingerprint density at radius 3 is 2.40 bits per heavy atom. The van der Waals surface area contributed by atoms with Crippen molar-refractivity contribution in [3.05, 3.63) is 28.3 Å². The van der Waals surface area contributed by atoms with Gasteiger partial charge < -0.3 is 14.4 Å². The van der Waals surface area contributed by atoms with E-state index in [0.717, 1.165) is 41.1 Å². The van der Waals surface area contributed by atoms with Gasteiger partial charge in [0.05, 0.1) is 14.2 Å². The topological polar surface area (TPSA) is 47.5 Å². The fraction of sp³-hybridized carbons (Fsp3) is 0.429. The molecule has 3 rings (SSSR count). The van der Waals surface area contributed by atoms with Crippen LogP contribution in [0.3, 0.4) is 0 Å². The van der Waals surface area contributed by atoms with Crippen LogP contribution >= 0.6 is 11.3 Å². The minimum atomic E-state index is 0.779. The van der Waals surface area contributed by atoms with E-state index in [1.165, 1.54) is 11.1 Å². The maximum absolute atomic E-state index is 5.38. The fourth-order valence-corrected chi connectivity index (χ4v) is 3.17. The van der Waals surface area contributed by atoms with Gasteiger partial charge in [0, 0.05) is 13.1 Å². The van der Waals surface area contributed by atoms with E-state index in [9.17, 15) is 0 Å². The molecule has 0 atom stereocenters. The van der Waals surface area contributed by atoms with Crippen LogP contribution < -0.4 is 14.4 Å². The molecule has 0 spiro atoms. The highest BCUT2D eigenvalue weighted by molar-refractivity contribution is 7.15. The Labute approximate surface area is 122 Å². The Bertz CT molecular complexity index is 627. The van der Waals surface area contributed by atoms with Gasteiger partial charge in [-0.3, -0.25) is 0 Å². The van der Waals surface area contributed by atoms with Crippen molar-refractivity contribution in [3.63, 3.8) is 0 Å². The van der Waals surface area contributed by atoms with Gasteiger partial charge in [-0.25, -0.2) is 0 Å². The third-order valence-electron chi connectivity index (χ3n) is 3.50. The van der Waals surface area contributed by atoms with E-state index in [2.05, 4.69) is 27.2 Å². The average Bonchev–Trinajstić information content (AvgIpc) is 2.91. The quantitative estimate of drug-likeness (QED) is 0.869. The molecule has 2 heterocycles. The van der Waals surface area contributed by atoms with Gasteiger partial charge in [0.15, 0.2) is 11.5 Å². The molecule has 106 valence electrons. The van der Waals surface area contributed by atoms with E-state index >= 15 is 0 Å². The first kappa shape index (κ1) is 13.2. The molecule has 0 radical (unpaired) electrons. The Morgan fingerprint density at radius 2 is 1.80 bits per heavy atom. The van der Waals surface area contributed by atoms with Crippen LogP contribution in [0.5, 0.6) is 11.5 Å². The van der Waals surface area contributed by atoms with Gasteiger partial charge in [-0.1, -0.05) is 11.3 Å². The van der Waals surface area contributed by atoms with Crippen LogP contribution in [-0.4, -0.2) is 31.0 Å². The van der Waals surface area contributed by atoms with Crippen molar-refractivity contribution >= 4 is 16.5 Å². The number of aromatic nitrogens is 2. The number of rotatable bonds is 3. The molecule has 0 saturated carbocycles. The third kappa shape index (κ3) is 2.31. The molecule has 0 amide bonds. The fourth-order valence-electron chi connectivity index (χ4n) is 2.46. The molecule has 6 heteroatoms. The molecule has 0 fully saturated rings. The molecular weight excluding hydrogens is 274 g/mol. The Balaban J connectivity index is 1.90. The van der Waals surface area contributed by atoms with Crippen molar-refractivity contribution < 1.29 is 9.47 Å². The number of hydrogen-bond acceptors (Lipinski definition) is 6. The van der Waals surface area contributed by atoms with Crippen molar-refractivity contribution in [1.82, 2.24) is 10.2 Å². The summed E-state index contributed by atoms with van der Waals surface area (Å²) in [7, 11) is 3.34. The molecular formula is C14H17N3O2S. The van der Waals surface area contributed by atoms with Crippen LogP contribution in [0.1, 0.15) is 16.1 Å². The van der Waals surface area contributed by atoms with Gasteiger partial charge in [0.1, 0.15) is 5.01 Å². The predicted molar refractivity (Wildman–Crippen MR) is 78.9 cm³/mol. The molecule has 0 saturated heterocycles. The molecule has 0 N–H and O–H groups in total. The number of hydrogen-bond donors (Lipinski definition) is 0. The van der Waals surface area contributed by atoms with Crippen molar-refractivity contribution in [2.45, 2.75) is 19.9 Å². The van der Waals surface area contributed by atoms with E-state index < -0.39 is 0 Å². The van der Waals surface area contributed by atoms with Crippen LogP contribution in [0.2, 0.25) is 0 Å². The minimum Gasteiger partial charge on any atom is -0.493 e. The highest BCUT2D eigenvalue weighted by Gasteiger charge is 2.21. The summed E-state index contributed by atoms with van der Waals surface area (Å²) in [6.45, 7) is 3.77. The van der Waals surface area contributed by atoms with Gasteiger partial charge >= 0.3 is 0 Å². The minimum absolute atomic E-state index is 0.779. The first-order chi connectivity index (χ1) is 9.71. The second-order valence-electron chi connectivity index (χ2n) is 4.75. The molecule has 1 aliphatic heterocycles. The first-order valence-electron chi connectivity index (χ1n) is 6.50. The Kier molecular flexibility index (Phi) is 3.48. The summed E-state index contributed by atoms with van der Waals surface area (Å²) in [5.41, 5.74) is 2.59. The summed E-state index contributed by atoms with van der Waals surface area (Å²) in [4.78, 5) is 2.26. The lowest BCUT2D eigenvalue weighted by Gasteiger charge is -2.28. The second-order valence-corrected chi connectivity index (χ2v) is 5.91. The Morgan fingerprint density at radius 1 is 1.10 bits per heavy atom. The van der Waals surface area contributed by atoms with Crippen molar-refractivity contribution in [2.75, 3.05) is 25.7 Å². The molecule has 2 aromatic rings. The zero-order valence-electron chi connectivity index (χ0n) is 11.8. The number of fused-ring (bicyclic) bond motifs is 1. The molecule has 0 aliphatic carbocycles. The van der Waals surface area contributed by atoms with Crippen LogP contribution in [-0.2, 0) is 13.0 Å². The van der Waals surface area contributed by atoms with Gasteiger partial charge in [0.25, 0.3) is 0 Å². The van der Waals surface area contributed by atoms with E-state index in [0.29, 0.717) is 0 Å². The number of benzene rings is 1. The third-order valence-corrected chi connectivity index (χ3v) is 4.40. The maximum Gasteiger partial charge on any atom is 0.208 e. The SMILES string of the molecule is COc1cc2c(cc1OC)CN(c1nnc(C)s1)CC2. The summed E-state index contributed by atoms with van der Waals surface area (Å²) >= 11 is 1.63. The lowest BCUT2D eigenvalue weighted by molar-refractivity contribution is 0.353. The molecule has 20 heavy (non-hydrogen) atoms. The van der Waals surface area contributed by atoms with Crippen LogP contribution in [0, 0.1) is 6.92 Å². The normalized spacial score (nSPS) is 14.1. The van der Waals surface area contributed by atoms with Crippen LogP contribution in [0.25, 0.3) is 0 Å². The highest BCUT2D eigenvalue weighted by atomic mass is 32.1. The molecule has 1 aliphatic rings. The van der Waals surface area contributed by atoms with Crippen molar-refractivity contribution in [3.8, 4) is 11.5 Å². The maximum atomic E-state index is 5.38. The Hall–Kier alpha value is -1.82. The van der Waals surface area contributed by atoms with Crippen molar-refractivity contribution in [2.24, 2.45) is 0 Å². The summed E-state index contributed by atoms with van der Waals surface area (Å²) in [5.74, 6) is 1.58. The monoisotopic (exact) mass is 291 g/mol. The number of methoxy groups -OCH3 is 2. The van der Waals surface area contributed by atoms with Crippen molar-refractivity contribution in [1.29, 1.82) is 0 Å². The van der Waals surface area contributed by atoms with Crippen LogP contribution in [0.15, 0.2) is 12.1 Å². The second kappa shape index (κ2) is 5.28. The molecule has 1 aromatic carbocycles. The molecule has 1 aromatic heterocycles. The van der Waals surface area contributed by atoms with Gasteiger partial charge in [-0.15, -0.1) is 10.2 Å². The molecule has 5 nitrogen and oxygen atoms in total. The average molecular weight is 291 g/mol. The predicted octanol–water partition coefficient (Wildman–Crippen LogP) is 2.43. The van der Waals surface area contributed by atoms with E-state index in [1.54, 1.807) is 25.6 Å². The zero-order valence-corrected chi connectivity index (χ0v) is 12.7. The highest BCUT2D eigenvalue weighted by Crippen LogP contribution is 2.34. The number of nitrogens with zero attached hydrogens (tertiary/aromatic N) is 3. The van der Waals surface area contributed by atoms with Gasteiger partial charge in [0.2, 0.25) is 5.13 Å². The lowest BCUT2D eigenvalue weighted by atomic mass is 9.99. The van der Waals surface area contributed by atoms with E-state index in [-0.39, 0.29) is 0 Å². The number of anilines is 1. The summed E-state index contributed by atoms with van der Waals surface area (Å²) in [5, 5.41) is 10.3. The largest absolute Gasteiger partial charge is 0.493 e.